The van der Waals surface area contributed by atoms with Gasteiger partial charge in [0.1, 0.15) is 0 Å². The van der Waals surface area contributed by atoms with E-state index in [0.29, 0.717) is 13.1 Å². The van der Waals surface area contributed by atoms with Gasteiger partial charge in [-0.1, -0.05) is 0 Å². The Hall–Kier alpha value is 0.850. The van der Waals surface area contributed by atoms with Crippen LogP contribution in [0.15, 0.2) is 0 Å². The average molecular weight is 384 g/mol. The minimum Gasteiger partial charge on any atom is -0.392 e. The minimum atomic E-state index is -0.468. The van der Waals surface area contributed by atoms with Crippen molar-refractivity contribution in [1.82, 2.24) is 6.64 Å². The Morgan fingerprint density at radius 3 is 2.73 bits per heavy atom. The molecule has 11 heavy (non-hydrogen) atoms. The molecule has 0 aromatic heterocycles. The van der Waals surface area contributed by atoms with Crippen molar-refractivity contribution in [2.75, 3.05) is 13.1 Å². The minimum absolute atomic E-state index is 0.0269. The number of carbonyl (C=O) groups excluding carboxylic acids is 1. The molecule has 66 valence electrons. The van der Waals surface area contributed by atoms with Gasteiger partial charge >= 0.3 is 0 Å². The van der Waals surface area contributed by atoms with Gasteiger partial charge in [0.25, 0.3) is 0 Å². The monoisotopic (exact) mass is 384 g/mol. The molecule has 4 nitrogen and oxygen atoms in total. The van der Waals surface area contributed by atoms with Crippen LogP contribution in [0.4, 0.5) is 0 Å². The fraction of sp³-hybridized carbons (Fsp3) is 0.800. The van der Waals surface area contributed by atoms with Crippen LogP contribution in [0.25, 0.3) is 0 Å². The third-order valence-corrected chi connectivity index (χ3v) is 2.23. The van der Waals surface area contributed by atoms with Crippen LogP contribution in [0.2, 0.25) is 0 Å². The van der Waals surface area contributed by atoms with Crippen LogP contribution >= 0.6 is 45.7 Å². The van der Waals surface area contributed by atoms with E-state index in [1.54, 1.807) is 6.92 Å². The summed E-state index contributed by atoms with van der Waals surface area (Å²) in [5.41, 5.74) is 0. The Morgan fingerprint density at radius 1 is 1.82 bits per heavy atom. The summed E-state index contributed by atoms with van der Waals surface area (Å²) in [6.45, 7) is 2.32. The summed E-state index contributed by atoms with van der Waals surface area (Å²) in [4.78, 5) is 11.0. The second-order valence-corrected chi connectivity index (χ2v) is 4.03. The maximum Gasteiger partial charge on any atom is 0.246 e. The lowest BCUT2D eigenvalue weighted by atomic mass is 10.4. The number of amides is 1. The first-order chi connectivity index (χ1) is 5.07. The molecule has 0 aliphatic rings. The molecule has 2 N–H and O–H groups in total. The first kappa shape index (κ1) is 11.8. The Bertz CT molecular complexity index is 132. The molecule has 0 rings (SSSR count). The zero-order chi connectivity index (χ0) is 8.85. The van der Waals surface area contributed by atoms with E-state index in [0.717, 1.165) is 0 Å². The molecule has 0 radical (unpaired) electrons. The van der Waals surface area contributed by atoms with E-state index in [2.05, 4.69) is 3.53 Å². The second-order valence-electron chi connectivity index (χ2n) is 2.10. The van der Waals surface area contributed by atoms with E-state index >= 15 is 0 Å². The third kappa shape index (κ3) is 6.05. The van der Waals surface area contributed by atoms with Gasteiger partial charge < -0.3 is 5.11 Å². The third-order valence-electron chi connectivity index (χ3n) is 0.913. The molecule has 6 heteroatoms. The first-order valence-electron chi connectivity index (χ1n) is 3.05. The van der Waals surface area contributed by atoms with Crippen molar-refractivity contribution in [3.63, 3.8) is 0 Å². The van der Waals surface area contributed by atoms with Crippen LogP contribution < -0.4 is 3.53 Å². The molecule has 0 bridgehead atoms. The van der Waals surface area contributed by atoms with Crippen molar-refractivity contribution in [1.29, 1.82) is 0 Å². The number of aliphatic hydroxyl groups excluding tert-OH is 1. The summed E-state index contributed by atoms with van der Waals surface area (Å²) in [6, 6.07) is 0. The molecule has 0 heterocycles. The summed E-state index contributed by atoms with van der Waals surface area (Å²) in [6.07, 6.45) is -0.468. The SMILES string of the molecule is CC(O)CN(I)C(=O)CNI. The summed E-state index contributed by atoms with van der Waals surface area (Å²) in [5, 5.41) is 8.92. The van der Waals surface area contributed by atoms with Crippen LogP contribution in [0, 0.1) is 0 Å². The summed E-state index contributed by atoms with van der Waals surface area (Å²) in [5.74, 6) is -0.0269. The zero-order valence-corrected chi connectivity index (χ0v) is 10.4. The highest BCUT2D eigenvalue weighted by molar-refractivity contribution is 14.1. The van der Waals surface area contributed by atoms with E-state index in [4.69, 9.17) is 5.11 Å². The highest BCUT2D eigenvalue weighted by Gasteiger charge is 2.10. The van der Waals surface area contributed by atoms with Gasteiger partial charge in [-0.05, 0) is 6.92 Å². The molecule has 0 spiro atoms. The lowest BCUT2D eigenvalue weighted by Crippen LogP contribution is -2.32. The lowest BCUT2D eigenvalue weighted by Gasteiger charge is -2.15. The van der Waals surface area contributed by atoms with Crippen molar-refractivity contribution in [2.24, 2.45) is 0 Å². The van der Waals surface area contributed by atoms with Gasteiger partial charge in [-0.25, -0.2) is 0 Å². The number of halogens is 2. The Kier molecular flexibility index (Phi) is 6.87. The zero-order valence-electron chi connectivity index (χ0n) is 6.05. The molecule has 0 aromatic rings. The van der Waals surface area contributed by atoms with Gasteiger partial charge in [0.2, 0.25) is 5.91 Å². The Labute approximate surface area is 93.7 Å². The van der Waals surface area contributed by atoms with Crippen LogP contribution in [0.1, 0.15) is 6.92 Å². The Morgan fingerprint density at radius 2 is 2.36 bits per heavy atom. The topological polar surface area (TPSA) is 52.6 Å². The predicted octanol–water partition coefficient (Wildman–Crippen LogP) is 0.485. The van der Waals surface area contributed by atoms with Crippen LogP contribution in [0.5, 0.6) is 0 Å². The van der Waals surface area contributed by atoms with Crippen molar-refractivity contribution in [2.45, 2.75) is 13.0 Å². The number of aliphatic hydroxyl groups is 1. The van der Waals surface area contributed by atoms with Gasteiger partial charge in [0.05, 0.1) is 42.1 Å². The highest BCUT2D eigenvalue weighted by atomic mass is 127. The van der Waals surface area contributed by atoms with Crippen molar-refractivity contribution in [3.05, 3.63) is 0 Å². The van der Waals surface area contributed by atoms with E-state index in [9.17, 15) is 4.79 Å². The summed E-state index contributed by atoms with van der Waals surface area (Å²) >= 11 is 3.79. The smallest absolute Gasteiger partial charge is 0.246 e. The van der Waals surface area contributed by atoms with Gasteiger partial charge in [-0.15, -0.1) is 0 Å². The maximum atomic E-state index is 11.0. The first-order valence-corrected chi connectivity index (χ1v) is 5.10. The molecule has 0 aliphatic heterocycles. The van der Waals surface area contributed by atoms with Gasteiger partial charge in [0, 0.05) is 22.9 Å². The fourth-order valence-electron chi connectivity index (χ4n) is 0.477. The molecular formula is C5H10I2N2O2. The number of hydrogen-bond acceptors (Lipinski definition) is 3. The van der Waals surface area contributed by atoms with Crippen molar-refractivity contribution in [3.8, 4) is 0 Å². The molecule has 1 amide bonds. The standard InChI is InChI=1S/C5H10I2N2O2/c1-4(10)3-9(7)5(11)2-8-6/h4,8,10H,2-3H2,1H3. The number of hydrogen-bond donors (Lipinski definition) is 2. The number of nitrogens with zero attached hydrogens (tertiary/aromatic N) is 1. The number of nitrogens with one attached hydrogen (secondary N) is 1. The summed E-state index contributed by atoms with van der Waals surface area (Å²) in [7, 11) is 0. The molecular weight excluding hydrogens is 374 g/mol. The average Bonchev–Trinajstić information content (AvgIpc) is 1.86. The van der Waals surface area contributed by atoms with Crippen molar-refractivity contribution < 1.29 is 9.90 Å². The summed E-state index contributed by atoms with van der Waals surface area (Å²) < 4.78 is 4.18. The lowest BCUT2D eigenvalue weighted by molar-refractivity contribution is -0.124. The molecule has 1 atom stereocenters. The number of rotatable bonds is 4. The predicted molar refractivity (Wildman–Crippen MR) is 59.4 cm³/mol. The normalized spacial score (nSPS) is 12.7. The Balaban J connectivity index is 3.64. The molecule has 0 saturated carbocycles. The molecule has 0 fully saturated rings. The van der Waals surface area contributed by atoms with E-state index in [1.807, 2.05) is 45.7 Å². The largest absolute Gasteiger partial charge is 0.392 e. The number of carbonyl (C=O) groups is 1. The molecule has 0 aromatic carbocycles. The van der Waals surface area contributed by atoms with E-state index in [1.165, 1.54) is 3.11 Å². The molecule has 0 aliphatic carbocycles. The fourth-order valence-corrected chi connectivity index (χ4v) is 1.54. The van der Waals surface area contributed by atoms with Crippen LogP contribution in [-0.2, 0) is 4.79 Å². The second kappa shape index (κ2) is 6.38. The molecule has 0 saturated heterocycles. The van der Waals surface area contributed by atoms with Gasteiger partial charge in [-0.2, -0.15) is 0 Å². The van der Waals surface area contributed by atoms with Crippen LogP contribution in [0.3, 0.4) is 0 Å². The van der Waals surface area contributed by atoms with Crippen molar-refractivity contribution >= 4 is 51.6 Å². The van der Waals surface area contributed by atoms with E-state index in [-0.39, 0.29) is 5.91 Å². The van der Waals surface area contributed by atoms with E-state index < -0.39 is 6.10 Å². The van der Waals surface area contributed by atoms with Crippen LogP contribution in [-0.4, -0.2) is 33.3 Å². The van der Waals surface area contributed by atoms with Gasteiger partial charge in [-0.3, -0.25) is 11.4 Å². The molecule has 1 unspecified atom stereocenters. The quantitative estimate of drug-likeness (QED) is 0.548. The maximum absolute atomic E-state index is 11.0. The highest BCUT2D eigenvalue weighted by Crippen LogP contribution is 2.00. The van der Waals surface area contributed by atoms with Gasteiger partial charge in [0.15, 0.2) is 0 Å².